The van der Waals surface area contributed by atoms with Gasteiger partial charge in [-0.3, -0.25) is 4.79 Å². The zero-order chi connectivity index (χ0) is 23.6. The fraction of sp³-hybridized carbons (Fsp3) is 0.480. The third-order valence-electron chi connectivity index (χ3n) is 4.61. The summed E-state index contributed by atoms with van der Waals surface area (Å²) in [4.78, 5) is 12.5. The number of alkyl halides is 3. The van der Waals surface area contributed by atoms with E-state index >= 15 is 0 Å². The third kappa shape index (κ3) is 13.0. The Morgan fingerprint density at radius 3 is 1.75 bits per heavy atom. The van der Waals surface area contributed by atoms with Crippen molar-refractivity contribution in [2.45, 2.75) is 51.4 Å². The lowest BCUT2D eigenvalue weighted by atomic mass is 10.0. The molecule has 0 fully saturated rings. The lowest BCUT2D eigenvalue weighted by molar-refractivity contribution is 0.103. The van der Waals surface area contributed by atoms with E-state index in [2.05, 4.69) is 47.8 Å². The van der Waals surface area contributed by atoms with Crippen molar-refractivity contribution in [1.82, 2.24) is 0 Å². The molecule has 0 unspecified atom stereocenters. The summed E-state index contributed by atoms with van der Waals surface area (Å²) in [5.41, 5.74) is 1.02. The van der Waals surface area contributed by atoms with Crippen molar-refractivity contribution < 1.29 is 9.53 Å². The van der Waals surface area contributed by atoms with Crippen molar-refractivity contribution in [2.75, 3.05) is 22.6 Å². The number of carbonyl (C=O) groups excluding carboxylic acids is 1. The summed E-state index contributed by atoms with van der Waals surface area (Å²) in [5, 5.41) is 4.25. The quantitative estimate of drug-likeness (QED) is 0.113. The molecular weight excluding hydrogens is 643 g/mol. The van der Waals surface area contributed by atoms with Gasteiger partial charge in [0.2, 0.25) is 0 Å². The summed E-state index contributed by atoms with van der Waals surface area (Å²) < 4.78 is 5.70. The van der Waals surface area contributed by atoms with Crippen LogP contribution in [-0.2, 0) is 0 Å². The van der Waals surface area contributed by atoms with Crippen LogP contribution in [0.4, 0.5) is 0 Å². The average Bonchev–Trinajstić information content (AvgIpc) is 2.79. The van der Waals surface area contributed by atoms with Crippen molar-refractivity contribution in [3.05, 3.63) is 63.6 Å². The minimum atomic E-state index is -0.127. The number of ether oxygens (including phenoxy) is 1. The fourth-order valence-electron chi connectivity index (χ4n) is 2.81. The Morgan fingerprint density at radius 1 is 0.719 bits per heavy atom. The highest BCUT2D eigenvalue weighted by atomic mass is 79.9. The van der Waals surface area contributed by atoms with E-state index in [1.165, 1.54) is 38.5 Å². The molecule has 178 valence electrons. The minimum Gasteiger partial charge on any atom is -0.494 e. The number of carbonyl (C=O) groups is 1. The van der Waals surface area contributed by atoms with Gasteiger partial charge in [-0.1, -0.05) is 96.7 Å². The summed E-state index contributed by atoms with van der Waals surface area (Å²) in [5.74, 6) is 0.646. The third-order valence-corrected chi connectivity index (χ3v) is 6.84. The maximum absolute atomic E-state index is 12.5. The molecule has 7 heteroatoms. The van der Waals surface area contributed by atoms with E-state index in [1.807, 2.05) is 12.1 Å². The van der Waals surface area contributed by atoms with Gasteiger partial charge in [-0.15, -0.1) is 0 Å². The van der Waals surface area contributed by atoms with E-state index in [1.54, 1.807) is 30.3 Å². The van der Waals surface area contributed by atoms with E-state index in [4.69, 9.17) is 27.9 Å². The Bertz CT molecular complexity index is 764. The smallest absolute Gasteiger partial charge is 0.194 e. The lowest BCUT2D eigenvalue weighted by Gasteiger charge is -2.08. The second-order valence-electron chi connectivity index (χ2n) is 7.22. The van der Waals surface area contributed by atoms with Crippen molar-refractivity contribution >= 4 is 76.8 Å². The maximum atomic E-state index is 12.5. The van der Waals surface area contributed by atoms with E-state index < -0.39 is 0 Å². The van der Waals surface area contributed by atoms with Crippen LogP contribution in [0.1, 0.15) is 67.3 Å². The first-order chi connectivity index (χ1) is 15.5. The Morgan fingerprint density at radius 2 is 1.25 bits per heavy atom. The number of hydrogen-bond acceptors (Lipinski definition) is 2. The first-order valence-corrected chi connectivity index (χ1v) is 15.1. The molecule has 0 saturated heterocycles. The molecule has 0 N–H and O–H groups in total. The van der Waals surface area contributed by atoms with Crippen LogP contribution in [-0.4, -0.2) is 28.4 Å². The lowest BCUT2D eigenvalue weighted by Crippen LogP contribution is -2.03. The van der Waals surface area contributed by atoms with Gasteiger partial charge >= 0.3 is 0 Å². The molecule has 0 spiro atoms. The van der Waals surface area contributed by atoms with Crippen LogP contribution < -0.4 is 4.74 Å². The molecule has 0 aromatic heterocycles. The van der Waals surface area contributed by atoms with Crippen LogP contribution >= 0.6 is 71.0 Å². The Kier molecular flexibility index (Phi) is 18.0. The summed E-state index contributed by atoms with van der Waals surface area (Å²) in [6.07, 6.45) is 10.0. The van der Waals surface area contributed by atoms with Crippen molar-refractivity contribution in [3.8, 4) is 5.75 Å². The van der Waals surface area contributed by atoms with E-state index in [-0.39, 0.29) is 5.78 Å². The summed E-state index contributed by atoms with van der Waals surface area (Å²) in [6, 6.07) is 12.0. The molecule has 0 aliphatic rings. The zero-order valence-electron chi connectivity index (χ0n) is 18.2. The van der Waals surface area contributed by atoms with E-state index in [0.29, 0.717) is 27.8 Å². The molecule has 0 amide bonds. The molecule has 0 radical (unpaired) electrons. The maximum Gasteiger partial charge on any atom is 0.194 e. The van der Waals surface area contributed by atoms with Gasteiger partial charge in [0, 0.05) is 32.1 Å². The van der Waals surface area contributed by atoms with Gasteiger partial charge in [0.15, 0.2) is 5.78 Å². The Hall–Kier alpha value is -0.0700. The van der Waals surface area contributed by atoms with Gasteiger partial charge in [0.1, 0.15) is 5.75 Å². The van der Waals surface area contributed by atoms with Crippen LogP contribution in [0.3, 0.4) is 0 Å². The number of benzene rings is 2. The molecule has 2 aromatic carbocycles. The molecule has 0 heterocycles. The predicted octanol–water partition coefficient (Wildman–Crippen LogP) is 9.90. The molecule has 0 aliphatic carbocycles. The number of hydrogen-bond donors (Lipinski definition) is 0. The molecule has 32 heavy (non-hydrogen) atoms. The molecule has 0 atom stereocenters. The first-order valence-electron chi connectivity index (χ1n) is 10.9. The molecule has 0 aliphatic heterocycles. The largest absolute Gasteiger partial charge is 0.494 e. The second-order valence-corrected chi connectivity index (χ2v) is 10.4. The highest BCUT2D eigenvalue weighted by Gasteiger charge is 2.13. The highest BCUT2D eigenvalue weighted by molar-refractivity contribution is 9.09. The zero-order valence-corrected chi connectivity index (χ0v) is 24.5. The highest BCUT2D eigenvalue weighted by Crippen LogP contribution is 2.24. The van der Waals surface area contributed by atoms with Gasteiger partial charge < -0.3 is 4.74 Å². The first kappa shape index (κ1) is 30.0. The van der Waals surface area contributed by atoms with E-state index in [9.17, 15) is 4.79 Å². The molecule has 2 aromatic rings. The number of ketones is 1. The fourth-order valence-corrected chi connectivity index (χ4v) is 4.50. The van der Waals surface area contributed by atoms with Gasteiger partial charge in [0.05, 0.1) is 11.6 Å². The van der Waals surface area contributed by atoms with Crippen molar-refractivity contribution in [1.29, 1.82) is 0 Å². The molecule has 0 bridgehead atoms. The van der Waals surface area contributed by atoms with Crippen LogP contribution in [0.5, 0.6) is 5.75 Å². The van der Waals surface area contributed by atoms with Crippen molar-refractivity contribution in [3.63, 3.8) is 0 Å². The Labute approximate surface area is 228 Å². The van der Waals surface area contributed by atoms with Gasteiger partial charge in [-0.2, -0.15) is 0 Å². The second kappa shape index (κ2) is 19.3. The standard InChI is InChI=1S/C19H19BrCl2O2.C6H12Br2/c20-11-3-1-2-4-12-24-16-8-5-14(6-9-16)19(23)17-10-7-15(21)13-18(17)22;7-5-3-1-2-4-6-8/h5-10,13H,1-4,11-12H2;1-6H2. The molecule has 2 nitrogen and oxygen atoms in total. The van der Waals surface area contributed by atoms with Crippen LogP contribution in [0.15, 0.2) is 42.5 Å². The minimum absolute atomic E-state index is 0.127. The van der Waals surface area contributed by atoms with Gasteiger partial charge in [-0.25, -0.2) is 0 Å². The van der Waals surface area contributed by atoms with E-state index in [0.717, 1.165) is 34.6 Å². The summed E-state index contributed by atoms with van der Waals surface area (Å²) >= 11 is 22.2. The summed E-state index contributed by atoms with van der Waals surface area (Å²) in [7, 11) is 0. The van der Waals surface area contributed by atoms with Gasteiger partial charge in [0.25, 0.3) is 0 Å². The van der Waals surface area contributed by atoms with Crippen LogP contribution in [0, 0.1) is 0 Å². The topological polar surface area (TPSA) is 26.3 Å². The average molecular weight is 674 g/mol. The normalized spacial score (nSPS) is 10.4. The molecular formula is C25H31Br3Cl2O2. The number of halogens is 5. The molecule has 2 rings (SSSR count). The van der Waals surface area contributed by atoms with Crippen LogP contribution in [0.2, 0.25) is 10.0 Å². The SMILES string of the molecule is BrCCCCCCBr.O=C(c1ccc(OCCCCCCBr)cc1)c1ccc(Cl)cc1Cl. The summed E-state index contributed by atoms with van der Waals surface area (Å²) in [6.45, 7) is 0.693. The number of unbranched alkanes of at least 4 members (excludes halogenated alkanes) is 6. The monoisotopic (exact) mass is 670 g/mol. The van der Waals surface area contributed by atoms with Crippen molar-refractivity contribution in [2.24, 2.45) is 0 Å². The predicted molar refractivity (Wildman–Crippen MR) is 150 cm³/mol. The molecule has 0 saturated carbocycles. The van der Waals surface area contributed by atoms with Gasteiger partial charge in [-0.05, 0) is 68.1 Å². The van der Waals surface area contributed by atoms with Crippen LogP contribution in [0.25, 0.3) is 0 Å². The number of rotatable bonds is 14. The Balaban J connectivity index is 0.000000547.